The van der Waals surface area contributed by atoms with Gasteiger partial charge in [-0.1, -0.05) is 38.1 Å². The Morgan fingerprint density at radius 2 is 1.89 bits per heavy atom. The molecule has 0 bridgehead atoms. The molecule has 4 nitrogen and oxygen atoms in total. The smallest absolute Gasteiger partial charge is 0.307 e. The average molecular weight is 261 g/mol. The lowest BCUT2D eigenvalue weighted by atomic mass is 10.0. The Morgan fingerprint density at radius 3 is 2.42 bits per heavy atom. The summed E-state index contributed by atoms with van der Waals surface area (Å²) in [4.78, 5) is 22.7. The number of carbonyl (C=O) groups excluding carboxylic acids is 1. The molecule has 0 aromatic heterocycles. The fraction of sp³-hybridized carbons (Fsp3) is 0.467. The number of nitrogens with one attached hydrogen (secondary N) is 1. The minimum Gasteiger partial charge on any atom is -0.481 e. The third kappa shape index (κ3) is 3.34. The molecule has 19 heavy (non-hydrogen) atoms. The van der Waals surface area contributed by atoms with Crippen LogP contribution in [0.25, 0.3) is 0 Å². The number of aliphatic carboxylic acids is 1. The molecule has 4 heteroatoms. The predicted molar refractivity (Wildman–Crippen MR) is 71.5 cm³/mol. The summed E-state index contributed by atoms with van der Waals surface area (Å²) in [6.45, 7) is 4.56. The van der Waals surface area contributed by atoms with Crippen LogP contribution in [0.3, 0.4) is 0 Å². The second-order valence-electron chi connectivity index (χ2n) is 5.80. The first kappa shape index (κ1) is 13.6. The van der Waals surface area contributed by atoms with Gasteiger partial charge >= 0.3 is 5.97 Å². The summed E-state index contributed by atoms with van der Waals surface area (Å²) < 4.78 is 0. The standard InChI is InChI=1S/C15H19NO3/c1-15(2)8-12(15)14(19)16-9-11-6-4-3-5-10(11)7-13(17)18/h3-6,12H,7-9H2,1-2H3,(H,16,19)(H,17,18). The van der Waals surface area contributed by atoms with Crippen molar-refractivity contribution in [3.63, 3.8) is 0 Å². The molecule has 102 valence electrons. The zero-order valence-corrected chi connectivity index (χ0v) is 11.3. The van der Waals surface area contributed by atoms with Gasteiger partial charge in [0.1, 0.15) is 0 Å². The number of rotatable bonds is 5. The van der Waals surface area contributed by atoms with E-state index < -0.39 is 5.97 Å². The lowest BCUT2D eigenvalue weighted by Crippen LogP contribution is -2.26. The molecule has 0 saturated heterocycles. The van der Waals surface area contributed by atoms with Crippen LogP contribution in [0.5, 0.6) is 0 Å². The van der Waals surface area contributed by atoms with Crippen LogP contribution in [0, 0.1) is 11.3 Å². The minimum atomic E-state index is -0.859. The van der Waals surface area contributed by atoms with Gasteiger partial charge in [-0.3, -0.25) is 9.59 Å². The summed E-state index contributed by atoms with van der Waals surface area (Å²) in [7, 11) is 0. The molecule has 1 aliphatic carbocycles. The highest BCUT2D eigenvalue weighted by atomic mass is 16.4. The van der Waals surface area contributed by atoms with E-state index in [1.54, 1.807) is 6.07 Å². The van der Waals surface area contributed by atoms with Crippen LogP contribution in [-0.4, -0.2) is 17.0 Å². The Labute approximate surface area is 112 Å². The lowest BCUT2D eigenvalue weighted by Gasteiger charge is -2.10. The third-order valence-corrected chi connectivity index (χ3v) is 3.74. The summed E-state index contributed by atoms with van der Waals surface area (Å²) in [5.74, 6) is -0.698. The first-order valence-electron chi connectivity index (χ1n) is 6.46. The normalized spacial score (nSPS) is 19.8. The van der Waals surface area contributed by atoms with Crippen LogP contribution in [-0.2, 0) is 22.6 Å². The van der Waals surface area contributed by atoms with Crippen molar-refractivity contribution in [3.05, 3.63) is 35.4 Å². The van der Waals surface area contributed by atoms with Crippen molar-refractivity contribution in [1.29, 1.82) is 0 Å². The highest BCUT2D eigenvalue weighted by Crippen LogP contribution is 2.51. The molecule has 0 radical (unpaired) electrons. The van der Waals surface area contributed by atoms with E-state index >= 15 is 0 Å². The van der Waals surface area contributed by atoms with E-state index in [1.165, 1.54) is 0 Å². The number of carbonyl (C=O) groups is 2. The van der Waals surface area contributed by atoms with Crippen LogP contribution in [0.4, 0.5) is 0 Å². The van der Waals surface area contributed by atoms with E-state index in [-0.39, 0.29) is 23.7 Å². The van der Waals surface area contributed by atoms with Gasteiger partial charge in [0.25, 0.3) is 0 Å². The monoisotopic (exact) mass is 261 g/mol. The zero-order chi connectivity index (χ0) is 14.0. The average Bonchev–Trinajstić information content (AvgIpc) is 2.96. The van der Waals surface area contributed by atoms with E-state index in [1.807, 2.05) is 18.2 Å². The van der Waals surface area contributed by atoms with Crippen LogP contribution in [0.2, 0.25) is 0 Å². The Balaban J connectivity index is 1.96. The first-order valence-corrected chi connectivity index (χ1v) is 6.46. The van der Waals surface area contributed by atoms with Crippen LogP contribution < -0.4 is 5.32 Å². The molecule has 0 spiro atoms. The third-order valence-electron chi connectivity index (χ3n) is 3.74. The van der Waals surface area contributed by atoms with Gasteiger partial charge in [0.15, 0.2) is 0 Å². The molecule has 1 saturated carbocycles. The molecule has 1 aliphatic rings. The van der Waals surface area contributed by atoms with E-state index in [2.05, 4.69) is 19.2 Å². The molecule has 0 aliphatic heterocycles. The van der Waals surface area contributed by atoms with E-state index in [4.69, 9.17) is 5.11 Å². The van der Waals surface area contributed by atoms with Crippen LogP contribution in [0.1, 0.15) is 31.4 Å². The van der Waals surface area contributed by atoms with Gasteiger partial charge in [0, 0.05) is 12.5 Å². The Morgan fingerprint density at radius 1 is 1.32 bits per heavy atom. The van der Waals surface area contributed by atoms with Gasteiger partial charge < -0.3 is 10.4 Å². The van der Waals surface area contributed by atoms with Crippen molar-refractivity contribution < 1.29 is 14.7 Å². The van der Waals surface area contributed by atoms with Gasteiger partial charge in [-0.15, -0.1) is 0 Å². The lowest BCUT2D eigenvalue weighted by molar-refractivity contribution is -0.136. The number of benzene rings is 1. The fourth-order valence-electron chi connectivity index (χ4n) is 2.29. The highest BCUT2D eigenvalue weighted by molar-refractivity contribution is 5.82. The number of carboxylic acids is 1. The van der Waals surface area contributed by atoms with Crippen molar-refractivity contribution in [2.45, 2.75) is 33.2 Å². The predicted octanol–water partition coefficient (Wildman–Crippen LogP) is 1.98. The second kappa shape index (κ2) is 5.03. The summed E-state index contributed by atoms with van der Waals surface area (Å²) >= 11 is 0. The number of hydrogen-bond donors (Lipinski definition) is 2. The first-order chi connectivity index (χ1) is 8.90. The number of carboxylic acid groups (broad SMARTS) is 1. The minimum absolute atomic E-state index is 0.0129. The zero-order valence-electron chi connectivity index (χ0n) is 11.3. The topological polar surface area (TPSA) is 66.4 Å². The van der Waals surface area contributed by atoms with Gasteiger partial charge in [-0.25, -0.2) is 0 Å². The van der Waals surface area contributed by atoms with Crippen LogP contribution >= 0.6 is 0 Å². The maximum absolute atomic E-state index is 11.9. The van der Waals surface area contributed by atoms with E-state index in [9.17, 15) is 9.59 Å². The molecule has 1 aromatic rings. The fourth-order valence-corrected chi connectivity index (χ4v) is 2.29. The van der Waals surface area contributed by atoms with Crippen molar-refractivity contribution in [3.8, 4) is 0 Å². The van der Waals surface area contributed by atoms with Gasteiger partial charge in [0.05, 0.1) is 6.42 Å². The second-order valence-corrected chi connectivity index (χ2v) is 5.80. The largest absolute Gasteiger partial charge is 0.481 e. The molecular weight excluding hydrogens is 242 g/mol. The maximum Gasteiger partial charge on any atom is 0.307 e. The molecule has 1 aromatic carbocycles. The van der Waals surface area contributed by atoms with Crippen molar-refractivity contribution in [1.82, 2.24) is 5.32 Å². The summed E-state index contributed by atoms with van der Waals surface area (Å²) in [6.07, 6.45) is 0.913. The van der Waals surface area contributed by atoms with E-state index in [0.29, 0.717) is 6.54 Å². The maximum atomic E-state index is 11.9. The molecular formula is C15H19NO3. The quantitative estimate of drug-likeness (QED) is 0.851. The molecule has 1 atom stereocenters. The SMILES string of the molecule is CC1(C)CC1C(=O)NCc1ccccc1CC(=O)O. The molecule has 1 fully saturated rings. The van der Waals surface area contributed by atoms with Crippen molar-refractivity contribution in [2.24, 2.45) is 11.3 Å². The number of hydrogen-bond acceptors (Lipinski definition) is 2. The molecule has 2 rings (SSSR count). The van der Waals surface area contributed by atoms with Gasteiger partial charge in [-0.05, 0) is 23.0 Å². The summed E-state index contributed by atoms with van der Waals surface area (Å²) in [5, 5.41) is 11.7. The number of amides is 1. The molecule has 1 unspecified atom stereocenters. The molecule has 2 N–H and O–H groups in total. The molecule has 1 amide bonds. The van der Waals surface area contributed by atoms with Crippen LogP contribution in [0.15, 0.2) is 24.3 Å². The summed E-state index contributed by atoms with van der Waals surface area (Å²) in [5.41, 5.74) is 1.74. The van der Waals surface area contributed by atoms with Gasteiger partial charge in [0.2, 0.25) is 5.91 Å². The Hall–Kier alpha value is -1.84. The molecule has 0 heterocycles. The van der Waals surface area contributed by atoms with E-state index in [0.717, 1.165) is 17.5 Å². The van der Waals surface area contributed by atoms with Crippen molar-refractivity contribution in [2.75, 3.05) is 0 Å². The van der Waals surface area contributed by atoms with Gasteiger partial charge in [-0.2, -0.15) is 0 Å². The highest BCUT2D eigenvalue weighted by Gasteiger charge is 2.50. The Bertz CT molecular complexity index is 508. The van der Waals surface area contributed by atoms with Crippen molar-refractivity contribution >= 4 is 11.9 Å². The Kier molecular flexibility index (Phi) is 3.60. The summed E-state index contributed by atoms with van der Waals surface area (Å²) in [6, 6.07) is 7.31.